The lowest BCUT2D eigenvalue weighted by molar-refractivity contribution is 0.381. The summed E-state index contributed by atoms with van der Waals surface area (Å²) in [5, 5.41) is 3.03. The zero-order valence-corrected chi connectivity index (χ0v) is 42.2. The van der Waals surface area contributed by atoms with E-state index in [-0.39, 0.29) is 11.4 Å². The molecular formula is C67H36F5N9. The quantitative estimate of drug-likeness (QED) is 0.0619. The smallest absolute Gasteiger partial charge is 0.200 e. The molecule has 0 fully saturated rings. The van der Waals surface area contributed by atoms with Crippen LogP contribution in [0.2, 0.25) is 0 Å². The Labute approximate surface area is 458 Å². The van der Waals surface area contributed by atoms with E-state index < -0.39 is 40.2 Å². The lowest BCUT2D eigenvalue weighted by Gasteiger charge is -2.20. The number of rotatable bonds is 9. The second-order valence-electron chi connectivity index (χ2n) is 19.2. The Morgan fingerprint density at radius 2 is 0.605 bits per heavy atom. The molecule has 0 amide bonds. The minimum Gasteiger partial charge on any atom is -0.308 e. The van der Waals surface area contributed by atoms with Gasteiger partial charge in [0.05, 0.1) is 40.0 Å². The average molecular weight is 1060 g/mol. The summed E-state index contributed by atoms with van der Waals surface area (Å²) in [6.07, 6.45) is 0. The Hall–Kier alpha value is -11.0. The first-order chi connectivity index (χ1) is 39.7. The van der Waals surface area contributed by atoms with E-state index in [1.165, 1.54) is 12.1 Å². The summed E-state index contributed by atoms with van der Waals surface area (Å²) in [6.45, 7) is 8.47. The summed E-state index contributed by atoms with van der Waals surface area (Å²) >= 11 is 0. The van der Waals surface area contributed by atoms with Crippen LogP contribution in [0.15, 0.2) is 218 Å². The Morgan fingerprint density at radius 3 is 0.975 bits per heavy atom. The monoisotopic (exact) mass is 1060 g/mol. The van der Waals surface area contributed by atoms with Crippen molar-refractivity contribution in [2.24, 2.45) is 0 Å². The minimum atomic E-state index is -2.31. The summed E-state index contributed by atoms with van der Waals surface area (Å²) in [5.74, 6) is -8.03. The van der Waals surface area contributed by atoms with Crippen molar-refractivity contribution in [3.63, 3.8) is 0 Å². The van der Waals surface area contributed by atoms with Crippen LogP contribution in [0.5, 0.6) is 0 Å². The molecule has 14 rings (SSSR count). The van der Waals surface area contributed by atoms with Crippen LogP contribution in [0.3, 0.4) is 0 Å². The van der Waals surface area contributed by atoms with Gasteiger partial charge < -0.3 is 9.13 Å². The lowest BCUT2D eigenvalue weighted by atomic mass is 9.99. The second-order valence-corrected chi connectivity index (χ2v) is 19.2. The summed E-state index contributed by atoms with van der Waals surface area (Å²) in [6, 6.07) is 67.9. The summed E-state index contributed by atoms with van der Waals surface area (Å²) < 4.78 is 81.6. The molecule has 0 saturated heterocycles. The molecule has 14 heteroatoms. The third-order valence-electron chi connectivity index (χ3n) is 14.4. The van der Waals surface area contributed by atoms with E-state index in [0.717, 1.165) is 43.8 Å². The topological polar surface area (TPSA) is 91.6 Å². The van der Waals surface area contributed by atoms with Crippen LogP contribution in [0.1, 0.15) is 0 Å². The van der Waals surface area contributed by atoms with Crippen LogP contribution in [-0.4, -0.2) is 39.0 Å². The van der Waals surface area contributed by atoms with Crippen LogP contribution in [-0.2, 0) is 0 Å². The van der Waals surface area contributed by atoms with Gasteiger partial charge in [-0.15, -0.1) is 0 Å². The van der Waals surface area contributed by atoms with E-state index in [9.17, 15) is 4.39 Å². The van der Waals surface area contributed by atoms with E-state index in [1.54, 1.807) is 0 Å². The Balaban J connectivity index is 1.03. The molecule has 4 heterocycles. The fourth-order valence-electron chi connectivity index (χ4n) is 10.7. The molecule has 0 radical (unpaired) electrons. The first-order valence-corrected chi connectivity index (χ1v) is 25.6. The van der Waals surface area contributed by atoms with Gasteiger partial charge in [0.1, 0.15) is 0 Å². The molecule has 0 aliphatic rings. The number of hydrogen-bond donors (Lipinski definition) is 0. The number of para-hydroxylation sites is 2. The predicted octanol–water partition coefficient (Wildman–Crippen LogP) is 17.2. The summed E-state index contributed by atoms with van der Waals surface area (Å²) in [7, 11) is 0. The Kier molecular flexibility index (Phi) is 11.6. The van der Waals surface area contributed by atoms with Crippen molar-refractivity contribution in [1.29, 1.82) is 0 Å². The number of fused-ring (bicyclic) bond motifs is 6. The van der Waals surface area contributed by atoms with Crippen LogP contribution in [0.25, 0.3) is 139 Å². The van der Waals surface area contributed by atoms with Crippen molar-refractivity contribution in [2.45, 2.75) is 0 Å². The molecule has 384 valence electrons. The fourth-order valence-corrected chi connectivity index (χ4v) is 10.7. The maximum atomic E-state index is 16.2. The third-order valence-corrected chi connectivity index (χ3v) is 14.4. The normalized spacial score (nSPS) is 11.5. The molecule has 10 aromatic carbocycles. The minimum absolute atomic E-state index is 0.252. The van der Waals surface area contributed by atoms with Gasteiger partial charge in [-0.1, -0.05) is 158 Å². The summed E-state index contributed by atoms with van der Waals surface area (Å²) in [5.41, 5.74) is 5.56. The Bertz CT molecular complexity index is 4740. The standard InChI is InChI=1S/C67H36F5N9/c1-73-49-37-55(81-51-29-17-15-27-45(51)47-35-43(31-33-53(47)81)67-78-64(40-22-10-4-11-23-40)75-65(79-67)41-24-12-5-13-25-41)54(36-48(49)56-57(68)59(70)61(72)60(71)58(56)69)80-50-28-16-14-26-44(50)46-34-42(30-32-52(46)80)66-76-62(38-18-6-2-7-19-38)74-63(77-66)39-20-8-3-9-21-39/h2-37H. The van der Waals surface area contributed by atoms with Crippen LogP contribution >= 0.6 is 0 Å². The van der Waals surface area contributed by atoms with Crippen molar-refractivity contribution in [1.82, 2.24) is 39.0 Å². The zero-order valence-electron chi connectivity index (χ0n) is 42.2. The third kappa shape index (κ3) is 8.13. The molecule has 0 N–H and O–H groups in total. The number of aromatic nitrogens is 8. The van der Waals surface area contributed by atoms with Gasteiger partial charge in [-0.05, 0) is 66.2 Å². The van der Waals surface area contributed by atoms with E-state index in [2.05, 4.69) is 4.85 Å². The largest absolute Gasteiger partial charge is 0.308 e. The number of benzene rings is 10. The van der Waals surface area contributed by atoms with Gasteiger partial charge in [-0.2, -0.15) is 0 Å². The molecule has 0 unspecified atom stereocenters. The molecule has 0 bridgehead atoms. The molecular weight excluding hydrogens is 1030 g/mol. The van der Waals surface area contributed by atoms with E-state index in [0.29, 0.717) is 73.8 Å². The van der Waals surface area contributed by atoms with E-state index in [4.69, 9.17) is 36.5 Å². The van der Waals surface area contributed by atoms with E-state index >= 15 is 17.6 Å². The van der Waals surface area contributed by atoms with Crippen LogP contribution in [0.4, 0.5) is 27.6 Å². The van der Waals surface area contributed by atoms with Gasteiger partial charge in [0.25, 0.3) is 0 Å². The van der Waals surface area contributed by atoms with Crippen molar-refractivity contribution in [3.8, 4) is 90.8 Å². The van der Waals surface area contributed by atoms with Crippen LogP contribution in [0, 0.1) is 35.7 Å². The molecule has 0 aliphatic heterocycles. The number of halogens is 5. The fraction of sp³-hybridized carbons (Fsp3) is 0. The average Bonchev–Trinajstić information content (AvgIpc) is 4.03. The number of hydrogen-bond acceptors (Lipinski definition) is 6. The highest BCUT2D eigenvalue weighted by Crippen LogP contribution is 2.46. The molecule has 4 aromatic heterocycles. The van der Waals surface area contributed by atoms with Gasteiger partial charge in [0, 0.05) is 60.5 Å². The molecule has 81 heavy (non-hydrogen) atoms. The highest BCUT2D eigenvalue weighted by molar-refractivity contribution is 6.13. The summed E-state index contributed by atoms with van der Waals surface area (Å²) in [4.78, 5) is 33.5. The Morgan fingerprint density at radius 1 is 0.296 bits per heavy atom. The second kappa shape index (κ2) is 19.5. The van der Waals surface area contributed by atoms with Gasteiger partial charge in [-0.25, -0.2) is 56.7 Å². The zero-order chi connectivity index (χ0) is 54.9. The first kappa shape index (κ1) is 48.3. The van der Waals surface area contributed by atoms with Gasteiger partial charge >= 0.3 is 0 Å². The lowest BCUT2D eigenvalue weighted by Crippen LogP contribution is -2.07. The van der Waals surface area contributed by atoms with Gasteiger partial charge in [0.15, 0.2) is 63.9 Å². The van der Waals surface area contributed by atoms with Crippen molar-refractivity contribution in [3.05, 3.63) is 259 Å². The maximum absolute atomic E-state index is 16.2. The molecule has 0 atom stereocenters. The van der Waals surface area contributed by atoms with Crippen molar-refractivity contribution < 1.29 is 22.0 Å². The number of nitrogens with zero attached hydrogens (tertiary/aromatic N) is 9. The van der Waals surface area contributed by atoms with E-state index in [1.807, 2.05) is 215 Å². The van der Waals surface area contributed by atoms with Crippen LogP contribution < -0.4 is 0 Å². The van der Waals surface area contributed by atoms with Crippen molar-refractivity contribution >= 4 is 49.3 Å². The first-order valence-electron chi connectivity index (χ1n) is 25.6. The molecule has 0 spiro atoms. The maximum Gasteiger partial charge on any atom is 0.200 e. The molecule has 14 aromatic rings. The van der Waals surface area contributed by atoms with Crippen molar-refractivity contribution in [2.75, 3.05) is 0 Å². The molecule has 0 aliphatic carbocycles. The highest BCUT2D eigenvalue weighted by Gasteiger charge is 2.31. The predicted molar refractivity (Wildman–Crippen MR) is 306 cm³/mol. The van der Waals surface area contributed by atoms with Gasteiger partial charge in [0.2, 0.25) is 5.82 Å². The SMILES string of the molecule is [C-]#[N+]c1cc(-n2c3ccccc3c3cc(-c4nc(-c5ccccc5)nc(-c5ccccc5)n4)ccc32)c(-n2c3ccccc3c3cc(-c4nc(-c5ccccc5)nc(-c5ccccc5)n4)ccc32)cc1-c1c(F)c(F)c(F)c(F)c1F. The molecule has 0 saturated carbocycles. The molecule has 9 nitrogen and oxygen atoms in total. The highest BCUT2D eigenvalue weighted by atomic mass is 19.2. The van der Waals surface area contributed by atoms with Gasteiger partial charge in [-0.3, -0.25) is 0 Å².